The van der Waals surface area contributed by atoms with Gasteiger partial charge in [0.05, 0.1) is 0 Å². The molecular formula is C15H18N2O3. The van der Waals surface area contributed by atoms with Crippen molar-refractivity contribution in [3.63, 3.8) is 0 Å². The van der Waals surface area contributed by atoms with Gasteiger partial charge in [-0.25, -0.2) is 0 Å². The van der Waals surface area contributed by atoms with Crippen molar-refractivity contribution in [2.24, 2.45) is 5.41 Å². The molecule has 0 aliphatic heterocycles. The van der Waals surface area contributed by atoms with E-state index in [9.17, 15) is 4.79 Å². The number of furan rings is 1. The lowest BCUT2D eigenvalue weighted by Crippen LogP contribution is -2.30. The van der Waals surface area contributed by atoms with E-state index in [1.807, 2.05) is 0 Å². The van der Waals surface area contributed by atoms with Gasteiger partial charge in [0.15, 0.2) is 5.76 Å². The summed E-state index contributed by atoms with van der Waals surface area (Å²) in [6.45, 7) is 0.755. The summed E-state index contributed by atoms with van der Waals surface area (Å²) in [5, 5.41) is 12.7. The fourth-order valence-corrected chi connectivity index (χ4v) is 2.46. The van der Waals surface area contributed by atoms with E-state index in [1.165, 1.54) is 0 Å². The first-order valence-electron chi connectivity index (χ1n) is 6.80. The number of carbonyl (C=O) groups excluding carboxylic acids is 1. The molecular weight excluding hydrogens is 256 g/mol. The van der Waals surface area contributed by atoms with Crippen molar-refractivity contribution in [1.29, 1.82) is 0 Å². The van der Waals surface area contributed by atoms with Crippen molar-refractivity contribution in [2.45, 2.75) is 19.3 Å². The van der Waals surface area contributed by atoms with Crippen LogP contribution in [0.15, 0.2) is 28.7 Å². The van der Waals surface area contributed by atoms with Crippen LogP contribution in [0.25, 0.3) is 11.0 Å². The summed E-state index contributed by atoms with van der Waals surface area (Å²) < 4.78 is 5.51. The van der Waals surface area contributed by atoms with E-state index in [-0.39, 0.29) is 17.9 Å². The third kappa shape index (κ3) is 2.49. The van der Waals surface area contributed by atoms with E-state index >= 15 is 0 Å². The minimum atomic E-state index is -0.219. The van der Waals surface area contributed by atoms with Crippen molar-refractivity contribution >= 4 is 22.6 Å². The largest absolute Gasteiger partial charge is 0.451 e. The lowest BCUT2D eigenvalue weighted by Gasteiger charge is -2.13. The highest BCUT2D eigenvalue weighted by atomic mass is 16.3. The molecule has 0 atom stereocenters. The molecule has 1 fully saturated rings. The summed E-state index contributed by atoms with van der Waals surface area (Å²) in [6, 6.07) is 6.99. The fourth-order valence-electron chi connectivity index (χ4n) is 2.46. The smallest absolute Gasteiger partial charge is 0.287 e. The Labute approximate surface area is 116 Å². The molecule has 106 valence electrons. The molecule has 1 aliphatic rings. The Hall–Kier alpha value is -2.01. The molecule has 0 saturated heterocycles. The molecule has 0 bridgehead atoms. The second kappa shape index (κ2) is 4.83. The van der Waals surface area contributed by atoms with E-state index in [2.05, 4.69) is 5.32 Å². The highest BCUT2D eigenvalue weighted by molar-refractivity contribution is 5.96. The maximum absolute atomic E-state index is 12.1. The zero-order valence-corrected chi connectivity index (χ0v) is 11.2. The minimum absolute atomic E-state index is 0.0981. The van der Waals surface area contributed by atoms with Crippen LogP contribution < -0.4 is 11.1 Å². The third-order valence-electron chi connectivity index (χ3n) is 3.99. The van der Waals surface area contributed by atoms with Gasteiger partial charge in [-0.05, 0) is 48.9 Å². The topological polar surface area (TPSA) is 88.5 Å². The second-order valence-corrected chi connectivity index (χ2v) is 5.56. The van der Waals surface area contributed by atoms with Gasteiger partial charge in [-0.3, -0.25) is 4.79 Å². The molecule has 20 heavy (non-hydrogen) atoms. The number of fused-ring (bicyclic) bond motifs is 1. The van der Waals surface area contributed by atoms with Gasteiger partial charge >= 0.3 is 0 Å². The molecule has 1 amide bonds. The number of nitrogens with one attached hydrogen (secondary N) is 1. The van der Waals surface area contributed by atoms with Crippen molar-refractivity contribution in [3.05, 3.63) is 30.0 Å². The van der Waals surface area contributed by atoms with Crippen molar-refractivity contribution in [3.8, 4) is 0 Å². The average molecular weight is 274 g/mol. The molecule has 1 aromatic carbocycles. The van der Waals surface area contributed by atoms with Crippen LogP contribution in [0.5, 0.6) is 0 Å². The highest BCUT2D eigenvalue weighted by Crippen LogP contribution is 2.47. The van der Waals surface area contributed by atoms with Gasteiger partial charge in [-0.15, -0.1) is 0 Å². The number of hydrogen-bond acceptors (Lipinski definition) is 4. The highest BCUT2D eigenvalue weighted by Gasteiger charge is 2.42. The second-order valence-electron chi connectivity index (χ2n) is 5.56. The molecule has 1 heterocycles. The number of nitrogens with two attached hydrogens (primary N) is 1. The van der Waals surface area contributed by atoms with E-state index < -0.39 is 0 Å². The predicted molar refractivity (Wildman–Crippen MR) is 76.3 cm³/mol. The van der Waals surface area contributed by atoms with Crippen LogP contribution >= 0.6 is 0 Å². The minimum Gasteiger partial charge on any atom is -0.451 e. The Morgan fingerprint density at radius 2 is 2.20 bits per heavy atom. The first kappa shape index (κ1) is 13.0. The van der Waals surface area contributed by atoms with Gasteiger partial charge in [-0.2, -0.15) is 0 Å². The quantitative estimate of drug-likeness (QED) is 0.727. The fraction of sp³-hybridized carbons (Fsp3) is 0.400. The summed E-state index contributed by atoms with van der Waals surface area (Å²) in [4.78, 5) is 12.1. The maximum atomic E-state index is 12.1. The van der Waals surface area contributed by atoms with E-state index in [4.69, 9.17) is 15.3 Å². The molecule has 1 aromatic heterocycles. The number of hydrogen-bond donors (Lipinski definition) is 3. The summed E-state index contributed by atoms with van der Waals surface area (Å²) in [6.07, 6.45) is 2.86. The molecule has 0 unspecified atom stereocenters. The SMILES string of the molecule is Nc1ccc2oc(C(=O)NCC3(CCO)CC3)cc2c1. The van der Waals surface area contributed by atoms with Gasteiger partial charge in [0.2, 0.25) is 0 Å². The number of rotatable bonds is 5. The van der Waals surface area contributed by atoms with Crippen LogP contribution in [-0.4, -0.2) is 24.2 Å². The molecule has 0 radical (unpaired) electrons. The Kier molecular flexibility index (Phi) is 3.14. The Morgan fingerprint density at radius 1 is 1.40 bits per heavy atom. The number of amides is 1. The normalized spacial score (nSPS) is 16.2. The van der Waals surface area contributed by atoms with Gasteiger partial charge in [-0.1, -0.05) is 0 Å². The Morgan fingerprint density at radius 3 is 2.90 bits per heavy atom. The van der Waals surface area contributed by atoms with E-state index in [0.29, 0.717) is 23.6 Å². The van der Waals surface area contributed by atoms with Crippen LogP contribution in [0.1, 0.15) is 29.8 Å². The van der Waals surface area contributed by atoms with Crippen LogP contribution in [0, 0.1) is 5.41 Å². The van der Waals surface area contributed by atoms with Crippen LogP contribution in [0.3, 0.4) is 0 Å². The number of aliphatic hydroxyl groups is 1. The van der Waals surface area contributed by atoms with Gasteiger partial charge < -0.3 is 20.6 Å². The van der Waals surface area contributed by atoms with Crippen molar-refractivity contribution in [2.75, 3.05) is 18.9 Å². The number of carbonyl (C=O) groups is 1. The molecule has 5 heteroatoms. The van der Waals surface area contributed by atoms with Crippen LogP contribution in [0.2, 0.25) is 0 Å². The van der Waals surface area contributed by atoms with Gasteiger partial charge in [0.25, 0.3) is 5.91 Å². The average Bonchev–Trinajstić information content (AvgIpc) is 3.06. The summed E-state index contributed by atoms with van der Waals surface area (Å²) in [5.74, 6) is 0.0781. The number of benzene rings is 1. The van der Waals surface area contributed by atoms with Crippen molar-refractivity contribution in [1.82, 2.24) is 5.32 Å². The number of anilines is 1. The molecule has 5 nitrogen and oxygen atoms in total. The Balaban J connectivity index is 1.69. The first-order valence-corrected chi connectivity index (χ1v) is 6.80. The first-order chi connectivity index (χ1) is 9.62. The molecule has 0 spiro atoms. The van der Waals surface area contributed by atoms with Gasteiger partial charge in [0, 0.05) is 24.2 Å². The predicted octanol–water partition coefficient (Wildman–Crippen LogP) is 1.91. The Bertz CT molecular complexity index is 644. The van der Waals surface area contributed by atoms with Crippen molar-refractivity contribution < 1.29 is 14.3 Å². The molecule has 4 N–H and O–H groups in total. The summed E-state index contributed by atoms with van der Waals surface area (Å²) in [5.41, 5.74) is 7.10. The molecule has 1 aliphatic carbocycles. The standard InChI is InChI=1S/C15H18N2O3/c16-11-1-2-12-10(7-11)8-13(20-12)14(19)17-9-15(3-4-15)5-6-18/h1-2,7-8,18H,3-6,9,16H2,(H,17,19). The summed E-state index contributed by atoms with van der Waals surface area (Å²) in [7, 11) is 0. The zero-order chi connectivity index (χ0) is 14.2. The van der Waals surface area contributed by atoms with Gasteiger partial charge in [0.1, 0.15) is 5.58 Å². The molecule has 2 aromatic rings. The lowest BCUT2D eigenvalue weighted by atomic mass is 10.0. The number of aliphatic hydroxyl groups excluding tert-OH is 1. The van der Waals surface area contributed by atoms with E-state index in [1.54, 1.807) is 24.3 Å². The van der Waals surface area contributed by atoms with Crippen LogP contribution in [-0.2, 0) is 0 Å². The lowest BCUT2D eigenvalue weighted by molar-refractivity contribution is 0.0915. The van der Waals surface area contributed by atoms with E-state index in [0.717, 1.165) is 24.6 Å². The maximum Gasteiger partial charge on any atom is 0.287 e. The zero-order valence-electron chi connectivity index (χ0n) is 11.2. The number of nitrogen functional groups attached to an aromatic ring is 1. The molecule has 3 rings (SSSR count). The van der Waals surface area contributed by atoms with Crippen LogP contribution in [0.4, 0.5) is 5.69 Å². The summed E-state index contributed by atoms with van der Waals surface area (Å²) >= 11 is 0. The third-order valence-corrected chi connectivity index (χ3v) is 3.99. The molecule has 1 saturated carbocycles. The monoisotopic (exact) mass is 274 g/mol.